The van der Waals surface area contributed by atoms with E-state index in [2.05, 4.69) is 10.3 Å². The molecule has 0 radical (unpaired) electrons. The maximum atomic E-state index is 14.1. The second-order valence-corrected chi connectivity index (χ2v) is 10.7. The number of fused-ring (bicyclic) bond motifs is 7. The minimum absolute atomic E-state index is 0.0532. The van der Waals surface area contributed by atoms with Gasteiger partial charge in [0.2, 0.25) is 0 Å². The molecule has 2 N–H and O–H groups in total. The number of hydrogen-bond acceptors (Lipinski definition) is 6. The maximum Gasteiger partial charge on any atom is 0.255 e. The molecule has 214 valence electrons. The van der Waals surface area contributed by atoms with Gasteiger partial charge in [0.15, 0.2) is 0 Å². The molecule has 8 rings (SSSR count). The van der Waals surface area contributed by atoms with Crippen LogP contribution in [0.15, 0.2) is 97.2 Å². The van der Waals surface area contributed by atoms with Gasteiger partial charge in [-0.1, -0.05) is 24.3 Å². The number of aromatic nitrogens is 1. The first-order chi connectivity index (χ1) is 21.0. The molecule has 4 aromatic carbocycles. The van der Waals surface area contributed by atoms with Crippen LogP contribution in [0, 0.1) is 0 Å². The number of phenolic OH excluding ortho intramolecular Hbond substituents is 1. The molecule has 1 unspecified atom stereocenters. The van der Waals surface area contributed by atoms with Crippen LogP contribution in [0.5, 0.6) is 23.0 Å². The van der Waals surface area contributed by atoms with Crippen LogP contribution in [0.25, 0.3) is 10.9 Å². The molecule has 1 aromatic heterocycles. The second kappa shape index (κ2) is 11.1. The third kappa shape index (κ3) is 5.23. The van der Waals surface area contributed by atoms with Gasteiger partial charge in [-0.15, -0.1) is 0 Å². The molecule has 5 aromatic rings. The fourth-order valence-electron chi connectivity index (χ4n) is 5.85. The minimum Gasteiger partial charge on any atom is -0.507 e. The highest BCUT2D eigenvalue weighted by molar-refractivity contribution is 5.99. The van der Waals surface area contributed by atoms with Crippen molar-refractivity contribution in [2.45, 2.75) is 18.9 Å². The van der Waals surface area contributed by atoms with Crippen LogP contribution in [0.4, 0.5) is 0 Å². The Balaban J connectivity index is 1.30. The Bertz CT molecular complexity index is 1870. The molecule has 4 heterocycles. The van der Waals surface area contributed by atoms with Gasteiger partial charge in [0, 0.05) is 30.2 Å². The Kier molecular flexibility index (Phi) is 6.87. The number of rotatable bonds is 1. The van der Waals surface area contributed by atoms with Crippen LogP contribution in [0.3, 0.4) is 0 Å². The average molecular weight is 572 g/mol. The molecule has 0 saturated heterocycles. The Morgan fingerprint density at radius 1 is 0.930 bits per heavy atom. The van der Waals surface area contributed by atoms with Crippen LogP contribution in [0.2, 0.25) is 0 Å². The number of hydrogen-bond donors (Lipinski definition) is 2. The summed E-state index contributed by atoms with van der Waals surface area (Å²) < 4.78 is 12.2. The number of phenols is 1. The minimum atomic E-state index is -0.383. The quantitative estimate of drug-likeness (QED) is 0.255. The third-order valence-electron chi connectivity index (χ3n) is 7.95. The third-order valence-corrected chi connectivity index (χ3v) is 7.95. The van der Waals surface area contributed by atoms with E-state index in [-0.39, 0.29) is 29.2 Å². The molecule has 0 saturated carbocycles. The monoisotopic (exact) mass is 571 g/mol. The summed E-state index contributed by atoms with van der Waals surface area (Å²) in [6.07, 6.45) is 2.96. The predicted octanol–water partition coefficient (Wildman–Crippen LogP) is 6.03. The van der Waals surface area contributed by atoms with E-state index in [1.165, 1.54) is 12.1 Å². The predicted molar refractivity (Wildman–Crippen MR) is 162 cm³/mol. The van der Waals surface area contributed by atoms with E-state index >= 15 is 0 Å². The highest BCUT2D eigenvalue weighted by atomic mass is 16.5. The van der Waals surface area contributed by atoms with Gasteiger partial charge in [-0.3, -0.25) is 14.6 Å². The molecular formula is C35H29N3O5. The van der Waals surface area contributed by atoms with E-state index < -0.39 is 0 Å². The van der Waals surface area contributed by atoms with Crippen molar-refractivity contribution in [2.24, 2.45) is 0 Å². The normalized spacial score (nSPS) is 16.4. The van der Waals surface area contributed by atoms with Gasteiger partial charge in [0.05, 0.1) is 23.7 Å². The van der Waals surface area contributed by atoms with E-state index in [0.29, 0.717) is 55.4 Å². The number of nitrogens with one attached hydrogen (secondary N) is 1. The molecule has 3 aliphatic rings. The highest BCUT2D eigenvalue weighted by Crippen LogP contribution is 2.39. The lowest BCUT2D eigenvalue weighted by Crippen LogP contribution is -2.40. The smallest absolute Gasteiger partial charge is 0.255 e. The lowest BCUT2D eigenvalue weighted by molar-refractivity contribution is 0.0694. The molecule has 3 aliphatic heterocycles. The average Bonchev–Trinajstić information content (AvgIpc) is 3.04. The highest BCUT2D eigenvalue weighted by Gasteiger charge is 2.33. The van der Waals surface area contributed by atoms with Gasteiger partial charge < -0.3 is 24.8 Å². The zero-order valence-electron chi connectivity index (χ0n) is 23.3. The number of amides is 2. The van der Waals surface area contributed by atoms with Crippen molar-refractivity contribution in [3.63, 3.8) is 0 Å². The van der Waals surface area contributed by atoms with Crippen molar-refractivity contribution in [3.05, 3.63) is 125 Å². The van der Waals surface area contributed by atoms with Gasteiger partial charge >= 0.3 is 0 Å². The SMILES string of the molecule is O=C1NCCCOc2cccc(c2)C2c3ccc(cc3CCN2C(=O)c2ccc3ncccc3c2)Oc2ccc(O)c1c2. The first-order valence-electron chi connectivity index (χ1n) is 14.3. The molecular weight excluding hydrogens is 542 g/mol. The first kappa shape index (κ1) is 26.5. The fraction of sp³-hybridized carbons (Fsp3) is 0.171. The van der Waals surface area contributed by atoms with Gasteiger partial charge in [-0.05, 0) is 96.3 Å². The van der Waals surface area contributed by atoms with Crippen molar-refractivity contribution in [3.8, 4) is 23.0 Å². The molecule has 0 aliphatic carbocycles. The van der Waals surface area contributed by atoms with Gasteiger partial charge in [-0.25, -0.2) is 0 Å². The molecule has 1 atom stereocenters. The van der Waals surface area contributed by atoms with E-state index in [9.17, 15) is 14.7 Å². The van der Waals surface area contributed by atoms with Crippen LogP contribution < -0.4 is 14.8 Å². The summed E-state index contributed by atoms with van der Waals surface area (Å²) in [5.74, 6) is 1.18. The molecule has 8 bridgehead atoms. The van der Waals surface area contributed by atoms with E-state index in [4.69, 9.17) is 9.47 Å². The summed E-state index contributed by atoms with van der Waals surface area (Å²) in [5.41, 5.74) is 4.62. The van der Waals surface area contributed by atoms with E-state index in [1.807, 2.05) is 77.7 Å². The second-order valence-electron chi connectivity index (χ2n) is 10.7. The fourth-order valence-corrected chi connectivity index (χ4v) is 5.85. The summed E-state index contributed by atoms with van der Waals surface area (Å²) in [5, 5.41) is 14.1. The number of pyridine rings is 1. The standard InChI is InChI=1S/C35H29N3O5/c39-32-12-9-28-21-30(32)34(40)37-15-3-17-42-26-6-1-4-24(20-26)33-29-10-8-27(43-28)19-22(29)13-16-38(33)35(41)25-7-11-31-23(18-25)5-2-14-36-31/h1-2,4-12,14,18-21,33,39H,3,13,15-17H2,(H,37,40). The number of nitrogens with zero attached hydrogens (tertiary/aromatic N) is 2. The summed E-state index contributed by atoms with van der Waals surface area (Å²) in [6, 6.07) is 27.5. The van der Waals surface area contributed by atoms with Gasteiger partial charge in [0.1, 0.15) is 23.0 Å². The van der Waals surface area contributed by atoms with Crippen LogP contribution in [0.1, 0.15) is 49.9 Å². The zero-order chi connectivity index (χ0) is 29.3. The number of carbonyl (C=O) groups excluding carboxylic acids is 2. The van der Waals surface area contributed by atoms with E-state index in [1.54, 1.807) is 12.3 Å². The summed E-state index contributed by atoms with van der Waals surface area (Å²) in [7, 11) is 0. The zero-order valence-corrected chi connectivity index (χ0v) is 23.3. The maximum absolute atomic E-state index is 14.1. The number of carbonyl (C=O) groups is 2. The van der Waals surface area contributed by atoms with Crippen molar-refractivity contribution in [2.75, 3.05) is 19.7 Å². The molecule has 43 heavy (non-hydrogen) atoms. The summed E-state index contributed by atoms with van der Waals surface area (Å²) in [6.45, 7) is 1.27. The molecule has 0 fully saturated rings. The summed E-state index contributed by atoms with van der Waals surface area (Å²) >= 11 is 0. The van der Waals surface area contributed by atoms with Crippen molar-refractivity contribution >= 4 is 22.7 Å². The Hall–Kier alpha value is -5.37. The Labute approximate surface area is 248 Å². The van der Waals surface area contributed by atoms with E-state index in [0.717, 1.165) is 27.6 Å². The number of ether oxygens (including phenoxy) is 2. The lowest BCUT2D eigenvalue weighted by atomic mass is 9.87. The van der Waals surface area contributed by atoms with Crippen molar-refractivity contribution in [1.82, 2.24) is 15.2 Å². The Morgan fingerprint density at radius 3 is 2.74 bits per heavy atom. The summed E-state index contributed by atoms with van der Waals surface area (Å²) in [4.78, 5) is 33.2. The topological polar surface area (TPSA) is 101 Å². The van der Waals surface area contributed by atoms with Crippen LogP contribution in [-0.2, 0) is 6.42 Å². The molecule has 8 heteroatoms. The number of aromatic hydroxyl groups is 1. The van der Waals surface area contributed by atoms with Crippen molar-refractivity contribution in [1.29, 1.82) is 0 Å². The number of benzene rings is 4. The van der Waals surface area contributed by atoms with Crippen LogP contribution in [-0.4, -0.2) is 46.5 Å². The van der Waals surface area contributed by atoms with Gasteiger partial charge in [0.25, 0.3) is 11.8 Å². The first-order valence-corrected chi connectivity index (χ1v) is 14.3. The lowest BCUT2D eigenvalue weighted by Gasteiger charge is -2.38. The molecule has 8 nitrogen and oxygen atoms in total. The Morgan fingerprint density at radius 2 is 1.81 bits per heavy atom. The van der Waals surface area contributed by atoms with Crippen molar-refractivity contribution < 1.29 is 24.2 Å². The van der Waals surface area contributed by atoms with Crippen LogP contribution >= 0.6 is 0 Å². The van der Waals surface area contributed by atoms with Gasteiger partial charge in [-0.2, -0.15) is 0 Å². The largest absolute Gasteiger partial charge is 0.507 e. The molecule has 2 amide bonds. The molecule has 0 spiro atoms.